The highest BCUT2D eigenvalue weighted by atomic mass is 35.5. The van der Waals surface area contributed by atoms with Crippen molar-refractivity contribution in [3.05, 3.63) is 99.8 Å². The van der Waals surface area contributed by atoms with Crippen molar-refractivity contribution in [3.63, 3.8) is 0 Å². The fourth-order valence-corrected chi connectivity index (χ4v) is 4.34. The molecule has 8 nitrogen and oxygen atoms in total. The number of nitrogens with two attached hydrogens (primary N) is 1. The Balaban J connectivity index is 1.67. The number of aromatic nitrogens is 1. The number of benzene rings is 1. The fraction of sp³-hybridized carbons (Fsp3) is 0.240. The average molecular weight is 512 g/mol. The van der Waals surface area contributed by atoms with Gasteiger partial charge < -0.3 is 21.0 Å². The molecule has 184 valence electrons. The molecule has 0 unspecified atom stereocenters. The highest BCUT2D eigenvalue weighted by Gasteiger charge is 2.26. The number of rotatable bonds is 7. The summed E-state index contributed by atoms with van der Waals surface area (Å²) in [5.41, 5.74) is 13.1. The predicted molar refractivity (Wildman–Crippen MR) is 147 cm³/mol. The Morgan fingerprint density at radius 1 is 1.20 bits per heavy atom. The number of anilines is 2. The second-order valence-corrected chi connectivity index (χ2v) is 9.46. The largest absolute Gasteiger partial charge is 0.386 e. The van der Waals surface area contributed by atoms with Gasteiger partial charge in [-0.25, -0.2) is 0 Å². The second kappa shape index (κ2) is 11.0. The van der Waals surface area contributed by atoms with E-state index in [-0.39, 0.29) is 5.56 Å². The first-order chi connectivity index (χ1) is 16.8. The van der Waals surface area contributed by atoms with Gasteiger partial charge in [-0.1, -0.05) is 36.4 Å². The number of nitrogens with zero attached hydrogens (tertiary/aromatic N) is 5. The fourth-order valence-electron chi connectivity index (χ4n) is 4.18. The van der Waals surface area contributed by atoms with E-state index in [9.17, 15) is 4.79 Å². The molecular weight excluding hydrogens is 482 g/mol. The summed E-state index contributed by atoms with van der Waals surface area (Å²) in [6, 6.07) is 11.3. The highest BCUT2D eigenvalue weighted by molar-refractivity contribution is 7.86. The lowest BCUT2D eigenvalue weighted by Gasteiger charge is -2.39. The molecule has 1 saturated heterocycles. The summed E-state index contributed by atoms with van der Waals surface area (Å²) in [5.74, 6) is 0.590. The van der Waals surface area contributed by atoms with E-state index in [1.54, 1.807) is 29.0 Å². The predicted octanol–water partition coefficient (Wildman–Crippen LogP) is 3.36. The van der Waals surface area contributed by atoms with Crippen molar-refractivity contribution in [1.29, 1.82) is 0 Å². The lowest BCUT2D eigenvalue weighted by Crippen LogP contribution is -2.47. The van der Waals surface area contributed by atoms with Crippen LogP contribution in [0, 0.1) is 0 Å². The first-order valence-corrected chi connectivity index (χ1v) is 12.1. The summed E-state index contributed by atoms with van der Waals surface area (Å²) in [7, 11) is 1.97. The first kappa shape index (κ1) is 24.8. The number of pyridine rings is 1. The van der Waals surface area contributed by atoms with Crippen LogP contribution in [-0.2, 0) is 0 Å². The summed E-state index contributed by atoms with van der Waals surface area (Å²) in [5, 5.41) is 4.02. The molecule has 2 aliphatic rings. The molecule has 10 heteroatoms. The average Bonchev–Trinajstić information content (AvgIpc) is 3.22. The summed E-state index contributed by atoms with van der Waals surface area (Å²) < 4.78 is 2.09. The number of thiol groups is 1. The number of nitrogens with one attached hydrogen (secondary N) is 1. The van der Waals surface area contributed by atoms with Gasteiger partial charge in [-0.15, -0.1) is 17.7 Å². The van der Waals surface area contributed by atoms with Gasteiger partial charge in [0.2, 0.25) is 0 Å². The van der Waals surface area contributed by atoms with E-state index < -0.39 is 0 Å². The van der Waals surface area contributed by atoms with E-state index >= 15 is 0 Å². The van der Waals surface area contributed by atoms with E-state index in [1.807, 2.05) is 36.5 Å². The van der Waals surface area contributed by atoms with Gasteiger partial charge in [0.15, 0.2) is 0 Å². The van der Waals surface area contributed by atoms with Crippen LogP contribution >= 0.6 is 24.2 Å². The second-order valence-electron chi connectivity index (χ2n) is 8.30. The normalized spacial score (nSPS) is 17.2. The monoisotopic (exact) mass is 511 g/mol. The number of allylic oxidation sites excluding steroid dienone is 3. The van der Waals surface area contributed by atoms with Crippen LogP contribution in [0.3, 0.4) is 0 Å². The van der Waals surface area contributed by atoms with E-state index in [2.05, 4.69) is 57.8 Å². The van der Waals surface area contributed by atoms with E-state index in [4.69, 9.17) is 17.3 Å². The van der Waals surface area contributed by atoms with Crippen molar-refractivity contribution in [3.8, 4) is 5.69 Å². The zero-order valence-corrected chi connectivity index (χ0v) is 21.3. The Labute approximate surface area is 216 Å². The minimum absolute atomic E-state index is 0.0697. The molecule has 1 fully saturated rings. The summed E-state index contributed by atoms with van der Waals surface area (Å²) >= 11 is 9.83. The standard InChI is InChI=1S/C25H30ClN7OS/c1-19(27)30-13-15-31(16-14-30)23-17-21(32-12-6-5-9-25(32)34)10-11-22(23)33-18-20(28-29(33)2)7-3-4-8-24(26)35/h3-6,8-12,17-18,28,35H,1,7,13-16,27H2,2H3/b4-3+,24-8-. The van der Waals surface area contributed by atoms with Crippen molar-refractivity contribution in [2.45, 2.75) is 6.42 Å². The van der Waals surface area contributed by atoms with Gasteiger partial charge >= 0.3 is 0 Å². The van der Waals surface area contributed by atoms with E-state index in [0.29, 0.717) is 16.6 Å². The lowest BCUT2D eigenvalue weighted by atomic mass is 10.1. The smallest absolute Gasteiger partial charge is 0.255 e. The van der Waals surface area contributed by atoms with Crippen LogP contribution in [-0.4, -0.2) is 47.8 Å². The summed E-state index contributed by atoms with van der Waals surface area (Å²) in [4.78, 5) is 16.9. The molecule has 1 aromatic heterocycles. The van der Waals surface area contributed by atoms with E-state index in [1.165, 1.54) is 0 Å². The molecule has 4 rings (SSSR count). The lowest BCUT2D eigenvalue weighted by molar-refractivity contribution is 0.291. The van der Waals surface area contributed by atoms with Crippen LogP contribution in [0.25, 0.3) is 5.69 Å². The molecule has 3 heterocycles. The highest BCUT2D eigenvalue weighted by Crippen LogP contribution is 2.35. The van der Waals surface area contributed by atoms with Crippen molar-refractivity contribution < 1.29 is 0 Å². The molecule has 35 heavy (non-hydrogen) atoms. The molecule has 2 aliphatic heterocycles. The molecule has 0 radical (unpaired) electrons. The van der Waals surface area contributed by atoms with Crippen LogP contribution in [0.2, 0.25) is 0 Å². The Morgan fingerprint density at radius 3 is 2.66 bits per heavy atom. The van der Waals surface area contributed by atoms with Crippen LogP contribution < -0.4 is 26.6 Å². The maximum Gasteiger partial charge on any atom is 0.255 e. The first-order valence-electron chi connectivity index (χ1n) is 11.3. The molecule has 1 aromatic carbocycles. The van der Waals surface area contributed by atoms with Crippen LogP contribution in [0.15, 0.2) is 94.3 Å². The molecule has 0 bridgehead atoms. The molecule has 0 saturated carbocycles. The van der Waals surface area contributed by atoms with Gasteiger partial charge in [-0.3, -0.25) is 14.4 Å². The maximum atomic E-state index is 12.5. The molecule has 2 aromatic rings. The van der Waals surface area contributed by atoms with Gasteiger partial charge in [-0.05, 0) is 30.3 Å². The Bertz CT molecular complexity index is 1230. The van der Waals surface area contributed by atoms with Gasteiger partial charge in [0.1, 0.15) is 0 Å². The molecule has 3 N–H and O–H groups in total. The number of hydrogen-bond acceptors (Lipinski definition) is 8. The Kier molecular flexibility index (Phi) is 7.80. The molecule has 0 atom stereocenters. The number of piperazine rings is 1. The van der Waals surface area contributed by atoms with Crippen molar-refractivity contribution in [2.24, 2.45) is 5.73 Å². The van der Waals surface area contributed by atoms with Crippen molar-refractivity contribution in [2.75, 3.05) is 43.1 Å². The minimum Gasteiger partial charge on any atom is -0.386 e. The number of halogens is 1. The van der Waals surface area contributed by atoms with Crippen LogP contribution in [0.1, 0.15) is 6.42 Å². The SMILES string of the molecule is C=C(N)N1CCN(c2cc(-n3ccccc3=O)ccc2N2C=C(C/C=C/C=C(\S)Cl)NN2C)CC1. The molecule has 0 spiro atoms. The molecule has 0 aliphatic carbocycles. The zero-order chi connectivity index (χ0) is 24.9. The van der Waals surface area contributed by atoms with E-state index in [0.717, 1.165) is 48.9 Å². The van der Waals surface area contributed by atoms with Crippen LogP contribution in [0.4, 0.5) is 11.4 Å². The van der Waals surface area contributed by atoms with Gasteiger partial charge in [0.25, 0.3) is 5.56 Å². The Hall–Kier alpha value is -3.27. The third-order valence-corrected chi connectivity index (χ3v) is 6.22. The minimum atomic E-state index is -0.0697. The Morgan fingerprint density at radius 2 is 1.97 bits per heavy atom. The third kappa shape index (κ3) is 5.87. The van der Waals surface area contributed by atoms with Gasteiger partial charge in [0.05, 0.1) is 27.2 Å². The summed E-state index contributed by atoms with van der Waals surface area (Å²) in [6.07, 6.45) is 10.2. The van der Waals surface area contributed by atoms with Crippen molar-refractivity contribution in [1.82, 2.24) is 20.0 Å². The number of hydrogen-bond donors (Lipinski definition) is 3. The van der Waals surface area contributed by atoms with Crippen LogP contribution in [0.5, 0.6) is 0 Å². The van der Waals surface area contributed by atoms with Gasteiger partial charge in [-0.2, -0.15) is 0 Å². The molecular formula is C25H30ClN7OS. The quantitative estimate of drug-likeness (QED) is 0.389. The van der Waals surface area contributed by atoms with Crippen molar-refractivity contribution >= 4 is 35.6 Å². The molecule has 0 amide bonds. The topological polar surface area (TPSA) is 73.0 Å². The number of hydrazine groups is 2. The third-order valence-electron chi connectivity index (χ3n) is 5.95. The zero-order valence-electron chi connectivity index (χ0n) is 19.6. The maximum absolute atomic E-state index is 12.5. The van der Waals surface area contributed by atoms with Gasteiger partial charge in [0, 0.05) is 63.8 Å². The summed E-state index contributed by atoms with van der Waals surface area (Å²) in [6.45, 7) is 7.02.